The second-order valence-electron chi connectivity index (χ2n) is 5.85. The number of ether oxygens (including phenoxy) is 1. The summed E-state index contributed by atoms with van der Waals surface area (Å²) < 4.78 is 7.13. The van der Waals surface area contributed by atoms with E-state index >= 15 is 0 Å². The van der Waals surface area contributed by atoms with Crippen molar-refractivity contribution < 1.29 is 9.53 Å². The van der Waals surface area contributed by atoms with Crippen LogP contribution in [0.3, 0.4) is 0 Å². The van der Waals surface area contributed by atoms with Crippen molar-refractivity contribution in [3.05, 3.63) is 36.8 Å². The number of carbonyl (C=O) groups is 1. The van der Waals surface area contributed by atoms with E-state index in [2.05, 4.69) is 20.4 Å². The lowest BCUT2D eigenvalue weighted by molar-refractivity contribution is -0.124. The maximum absolute atomic E-state index is 12.1. The molecule has 1 aliphatic rings. The molecule has 24 heavy (non-hydrogen) atoms. The summed E-state index contributed by atoms with van der Waals surface area (Å²) in [6.07, 6.45) is 6.69. The van der Waals surface area contributed by atoms with Gasteiger partial charge >= 0.3 is 0 Å². The number of fused-ring (bicyclic) bond motifs is 1. The number of nitrogens with one attached hydrogen (secondary N) is 1. The van der Waals surface area contributed by atoms with E-state index in [4.69, 9.17) is 4.74 Å². The molecule has 4 rings (SSSR count). The predicted octanol–water partition coefficient (Wildman–Crippen LogP) is 2.15. The Kier molecular flexibility index (Phi) is 3.70. The summed E-state index contributed by atoms with van der Waals surface area (Å²) in [5.74, 6) is 0.335. The summed E-state index contributed by atoms with van der Waals surface area (Å²) in [5.41, 5.74) is 2.55. The number of hydrogen-bond acceptors (Lipinski definition) is 5. The van der Waals surface area contributed by atoms with E-state index in [0.717, 1.165) is 35.0 Å². The molecular formula is C17H17N5O2. The largest absolute Gasteiger partial charge is 0.368 e. The molecule has 122 valence electrons. The van der Waals surface area contributed by atoms with Gasteiger partial charge in [0.05, 0.1) is 17.4 Å². The van der Waals surface area contributed by atoms with Crippen LogP contribution in [0.4, 0.5) is 5.82 Å². The van der Waals surface area contributed by atoms with E-state index in [1.807, 2.05) is 25.4 Å². The van der Waals surface area contributed by atoms with Crippen LogP contribution in [0.1, 0.15) is 12.8 Å². The maximum atomic E-state index is 12.1. The zero-order valence-corrected chi connectivity index (χ0v) is 13.3. The number of aryl methyl sites for hydroxylation is 1. The van der Waals surface area contributed by atoms with Gasteiger partial charge in [-0.2, -0.15) is 5.10 Å². The van der Waals surface area contributed by atoms with Gasteiger partial charge in [-0.05, 0) is 25.0 Å². The lowest BCUT2D eigenvalue weighted by atomic mass is 10.2. The summed E-state index contributed by atoms with van der Waals surface area (Å²) in [6.45, 7) is 0.638. The highest BCUT2D eigenvalue weighted by Crippen LogP contribution is 2.22. The SMILES string of the molecule is Cn1cc(-c2ccc3cnc(NC(=O)C4CCCO4)cc3n2)cn1. The van der Waals surface area contributed by atoms with Crippen LogP contribution >= 0.6 is 0 Å². The molecule has 4 heterocycles. The van der Waals surface area contributed by atoms with Crippen molar-refractivity contribution in [3.8, 4) is 11.3 Å². The minimum atomic E-state index is -0.378. The molecule has 1 unspecified atom stereocenters. The molecule has 0 aliphatic carbocycles. The third kappa shape index (κ3) is 2.85. The van der Waals surface area contributed by atoms with Crippen LogP contribution < -0.4 is 5.32 Å². The molecule has 0 aromatic carbocycles. The fourth-order valence-electron chi connectivity index (χ4n) is 2.79. The maximum Gasteiger partial charge on any atom is 0.254 e. The fraction of sp³-hybridized carbons (Fsp3) is 0.294. The van der Waals surface area contributed by atoms with Crippen molar-refractivity contribution in [2.75, 3.05) is 11.9 Å². The summed E-state index contributed by atoms with van der Waals surface area (Å²) >= 11 is 0. The van der Waals surface area contributed by atoms with Crippen LogP contribution in [0.15, 0.2) is 36.8 Å². The normalized spacial score (nSPS) is 17.3. The molecule has 7 heteroatoms. The van der Waals surface area contributed by atoms with Gasteiger partial charge in [0.15, 0.2) is 0 Å². The van der Waals surface area contributed by atoms with Gasteiger partial charge in [-0.1, -0.05) is 0 Å². The van der Waals surface area contributed by atoms with Gasteiger partial charge in [-0.3, -0.25) is 9.48 Å². The molecule has 7 nitrogen and oxygen atoms in total. The van der Waals surface area contributed by atoms with E-state index in [1.165, 1.54) is 0 Å². The number of pyridine rings is 2. The van der Waals surface area contributed by atoms with E-state index in [-0.39, 0.29) is 12.0 Å². The Balaban J connectivity index is 1.62. The molecule has 0 spiro atoms. The van der Waals surface area contributed by atoms with Crippen LogP contribution in [-0.4, -0.2) is 38.4 Å². The van der Waals surface area contributed by atoms with Gasteiger partial charge in [0.25, 0.3) is 5.91 Å². The highest BCUT2D eigenvalue weighted by atomic mass is 16.5. The van der Waals surface area contributed by atoms with Crippen LogP contribution in [0.25, 0.3) is 22.2 Å². The zero-order valence-electron chi connectivity index (χ0n) is 13.3. The summed E-state index contributed by atoms with van der Waals surface area (Å²) in [4.78, 5) is 21.1. The first kappa shape index (κ1) is 14.8. The molecule has 1 fully saturated rings. The summed E-state index contributed by atoms with van der Waals surface area (Å²) in [7, 11) is 1.87. The molecule has 1 amide bonds. The standard InChI is InChI=1S/C17H17N5O2/c1-22-10-12(9-19-22)13-5-4-11-8-18-16(7-14(11)20-13)21-17(23)15-3-2-6-24-15/h4-5,7-10,15H,2-3,6H2,1H3,(H,18,21,23). The van der Waals surface area contributed by atoms with Gasteiger partial charge in [0, 0.05) is 43.1 Å². The molecule has 0 radical (unpaired) electrons. The summed E-state index contributed by atoms with van der Waals surface area (Å²) in [5, 5.41) is 7.89. The average molecular weight is 323 g/mol. The third-order valence-corrected chi connectivity index (χ3v) is 4.05. The Hall–Kier alpha value is -2.80. The Morgan fingerprint density at radius 1 is 1.38 bits per heavy atom. The molecule has 1 saturated heterocycles. The number of rotatable bonds is 3. The predicted molar refractivity (Wildman–Crippen MR) is 89.3 cm³/mol. The van der Waals surface area contributed by atoms with Crippen molar-refractivity contribution in [1.29, 1.82) is 0 Å². The van der Waals surface area contributed by atoms with E-state index in [9.17, 15) is 4.79 Å². The van der Waals surface area contributed by atoms with Crippen molar-refractivity contribution in [1.82, 2.24) is 19.7 Å². The zero-order chi connectivity index (χ0) is 16.5. The average Bonchev–Trinajstić information content (AvgIpc) is 3.25. The van der Waals surface area contributed by atoms with Gasteiger partial charge in [0.2, 0.25) is 0 Å². The van der Waals surface area contributed by atoms with Gasteiger partial charge in [-0.15, -0.1) is 0 Å². The Morgan fingerprint density at radius 3 is 3.04 bits per heavy atom. The molecule has 1 aliphatic heterocycles. The number of nitrogens with zero attached hydrogens (tertiary/aromatic N) is 4. The quantitative estimate of drug-likeness (QED) is 0.798. The minimum absolute atomic E-state index is 0.150. The van der Waals surface area contributed by atoms with Gasteiger partial charge in [-0.25, -0.2) is 9.97 Å². The van der Waals surface area contributed by atoms with Gasteiger partial charge < -0.3 is 10.1 Å². The number of carbonyl (C=O) groups excluding carboxylic acids is 1. The minimum Gasteiger partial charge on any atom is -0.368 e. The Bertz CT molecular complexity index is 899. The van der Waals surface area contributed by atoms with Crippen LogP contribution in [0, 0.1) is 0 Å². The van der Waals surface area contributed by atoms with E-state index < -0.39 is 0 Å². The lowest BCUT2D eigenvalue weighted by Gasteiger charge is -2.10. The number of anilines is 1. The summed E-state index contributed by atoms with van der Waals surface area (Å²) in [6, 6.07) is 5.68. The van der Waals surface area contributed by atoms with Crippen molar-refractivity contribution >= 4 is 22.6 Å². The first-order valence-electron chi connectivity index (χ1n) is 7.87. The number of amides is 1. The van der Waals surface area contributed by atoms with Crippen molar-refractivity contribution in [2.24, 2.45) is 7.05 Å². The molecule has 0 saturated carbocycles. The van der Waals surface area contributed by atoms with Gasteiger partial charge in [0.1, 0.15) is 11.9 Å². The number of hydrogen-bond donors (Lipinski definition) is 1. The molecule has 0 bridgehead atoms. The van der Waals surface area contributed by atoms with Crippen molar-refractivity contribution in [2.45, 2.75) is 18.9 Å². The molecule has 1 atom stereocenters. The van der Waals surface area contributed by atoms with E-state index in [0.29, 0.717) is 12.4 Å². The topological polar surface area (TPSA) is 81.9 Å². The highest BCUT2D eigenvalue weighted by Gasteiger charge is 2.23. The second kappa shape index (κ2) is 6.01. The molecular weight excluding hydrogens is 306 g/mol. The lowest BCUT2D eigenvalue weighted by Crippen LogP contribution is -2.27. The van der Waals surface area contributed by atoms with E-state index in [1.54, 1.807) is 23.1 Å². The highest BCUT2D eigenvalue weighted by molar-refractivity contribution is 5.95. The van der Waals surface area contributed by atoms with Crippen molar-refractivity contribution in [3.63, 3.8) is 0 Å². The molecule has 3 aromatic rings. The second-order valence-corrected chi connectivity index (χ2v) is 5.85. The van der Waals surface area contributed by atoms with Crippen LogP contribution in [0.2, 0.25) is 0 Å². The van der Waals surface area contributed by atoms with Crippen LogP contribution in [0.5, 0.6) is 0 Å². The Morgan fingerprint density at radius 2 is 2.29 bits per heavy atom. The third-order valence-electron chi connectivity index (χ3n) is 4.05. The molecule has 3 aromatic heterocycles. The molecule has 1 N–H and O–H groups in total. The Labute approximate surface area is 138 Å². The smallest absolute Gasteiger partial charge is 0.254 e. The first-order chi connectivity index (χ1) is 11.7. The first-order valence-corrected chi connectivity index (χ1v) is 7.87. The van der Waals surface area contributed by atoms with Crippen LogP contribution in [-0.2, 0) is 16.6 Å². The number of aromatic nitrogens is 4. The monoisotopic (exact) mass is 323 g/mol. The fourth-order valence-corrected chi connectivity index (χ4v) is 2.79.